The van der Waals surface area contributed by atoms with E-state index < -0.39 is 0 Å². The van der Waals surface area contributed by atoms with Crippen molar-refractivity contribution in [3.63, 3.8) is 0 Å². The van der Waals surface area contributed by atoms with Crippen LogP contribution in [0.5, 0.6) is 0 Å². The Labute approximate surface area is 133 Å². The van der Waals surface area contributed by atoms with Crippen LogP contribution >= 0.6 is 11.5 Å². The van der Waals surface area contributed by atoms with Gasteiger partial charge in [-0.25, -0.2) is 9.97 Å². The van der Waals surface area contributed by atoms with Gasteiger partial charge in [0.05, 0.1) is 24.2 Å². The maximum Gasteiger partial charge on any atom is 0.205 e. The summed E-state index contributed by atoms with van der Waals surface area (Å²) >= 11 is 1.41. The molecule has 0 aliphatic heterocycles. The van der Waals surface area contributed by atoms with E-state index in [9.17, 15) is 0 Å². The number of aromatic nitrogens is 4. The molecule has 3 aromatic rings. The molecule has 0 N–H and O–H groups in total. The fourth-order valence-corrected chi connectivity index (χ4v) is 2.98. The molecule has 2 aromatic heterocycles. The lowest BCUT2D eigenvalue weighted by Crippen LogP contribution is -2.19. The van der Waals surface area contributed by atoms with Gasteiger partial charge in [0.2, 0.25) is 5.13 Å². The molecule has 0 fully saturated rings. The van der Waals surface area contributed by atoms with Crippen LogP contribution in [0, 0.1) is 0 Å². The topological polar surface area (TPSA) is 56.1 Å². The highest BCUT2D eigenvalue weighted by atomic mass is 32.1. The summed E-state index contributed by atoms with van der Waals surface area (Å²) in [5, 5.41) is 0.901. The maximum atomic E-state index is 5.06. The number of fused-ring (bicyclic) bond motifs is 1. The number of benzene rings is 1. The van der Waals surface area contributed by atoms with E-state index in [1.54, 1.807) is 7.11 Å². The van der Waals surface area contributed by atoms with Crippen LogP contribution in [-0.4, -0.2) is 39.7 Å². The number of nitrogens with zero attached hydrogens (tertiary/aromatic N) is 5. The summed E-state index contributed by atoms with van der Waals surface area (Å²) < 4.78 is 11.5. The number of hydrogen-bond acceptors (Lipinski definition) is 6. The van der Waals surface area contributed by atoms with Crippen LogP contribution in [0.1, 0.15) is 11.6 Å². The van der Waals surface area contributed by atoms with Gasteiger partial charge < -0.3 is 14.2 Å². The van der Waals surface area contributed by atoms with E-state index in [1.807, 2.05) is 32.3 Å². The number of aryl methyl sites for hydroxylation is 1. The van der Waals surface area contributed by atoms with Crippen LogP contribution in [0.2, 0.25) is 0 Å². The third-order valence-corrected chi connectivity index (χ3v) is 4.44. The molecule has 0 radical (unpaired) electrons. The first-order chi connectivity index (χ1) is 10.7. The number of rotatable bonds is 6. The lowest BCUT2D eigenvalue weighted by molar-refractivity contribution is 0.201. The third-order valence-electron chi connectivity index (χ3n) is 3.57. The Morgan fingerprint density at radius 3 is 2.86 bits per heavy atom. The van der Waals surface area contributed by atoms with Crippen LogP contribution in [0.25, 0.3) is 11.0 Å². The first-order valence-corrected chi connectivity index (χ1v) is 7.89. The van der Waals surface area contributed by atoms with Gasteiger partial charge in [0.1, 0.15) is 11.6 Å². The predicted octanol–water partition coefficient (Wildman–Crippen LogP) is 2.25. The Kier molecular flexibility index (Phi) is 4.35. The second-order valence-electron chi connectivity index (χ2n) is 5.17. The number of para-hydroxylation sites is 2. The van der Waals surface area contributed by atoms with Crippen molar-refractivity contribution in [3.05, 3.63) is 35.9 Å². The lowest BCUT2D eigenvalue weighted by atomic mass is 10.3. The van der Waals surface area contributed by atoms with E-state index in [1.165, 1.54) is 11.5 Å². The summed E-state index contributed by atoms with van der Waals surface area (Å²) in [6.45, 7) is 1.34. The van der Waals surface area contributed by atoms with Gasteiger partial charge in [-0.2, -0.15) is 4.37 Å². The molecule has 0 atom stereocenters. The highest BCUT2D eigenvalue weighted by molar-refractivity contribution is 7.09. The van der Waals surface area contributed by atoms with Gasteiger partial charge in [0.15, 0.2) is 0 Å². The summed E-state index contributed by atoms with van der Waals surface area (Å²) in [5.41, 5.74) is 2.16. The largest absolute Gasteiger partial charge is 0.384 e. The molecule has 0 aliphatic carbocycles. The average Bonchev–Trinajstić information content (AvgIpc) is 3.11. The Morgan fingerprint density at radius 1 is 1.27 bits per heavy atom. The minimum atomic E-state index is 0.643. The molecule has 2 heterocycles. The second kappa shape index (κ2) is 6.41. The minimum Gasteiger partial charge on any atom is -0.384 e. The molecule has 0 saturated heterocycles. The van der Waals surface area contributed by atoms with E-state index in [-0.39, 0.29) is 0 Å². The second-order valence-corrected chi connectivity index (χ2v) is 5.90. The van der Waals surface area contributed by atoms with Crippen LogP contribution in [0.4, 0.5) is 5.13 Å². The first kappa shape index (κ1) is 14.9. The number of imidazole rings is 1. The van der Waals surface area contributed by atoms with E-state index in [2.05, 4.69) is 24.9 Å². The van der Waals surface area contributed by atoms with Crippen molar-refractivity contribution >= 4 is 27.7 Å². The van der Waals surface area contributed by atoms with Gasteiger partial charge in [0, 0.05) is 39.2 Å². The van der Waals surface area contributed by atoms with Crippen molar-refractivity contribution in [2.75, 3.05) is 25.7 Å². The molecule has 0 amide bonds. The summed E-state index contributed by atoms with van der Waals surface area (Å²) in [7, 11) is 5.74. The smallest absolute Gasteiger partial charge is 0.205 e. The molecular weight excluding hydrogens is 298 g/mol. The fourth-order valence-electron chi connectivity index (χ4n) is 2.31. The van der Waals surface area contributed by atoms with Gasteiger partial charge in [-0.15, -0.1) is 0 Å². The van der Waals surface area contributed by atoms with Crippen LogP contribution in [-0.2, 0) is 24.8 Å². The minimum absolute atomic E-state index is 0.643. The average molecular weight is 317 g/mol. The zero-order valence-corrected chi connectivity index (χ0v) is 13.8. The Bertz CT molecular complexity index is 766. The normalized spacial score (nSPS) is 11.2. The number of ether oxygens (including phenoxy) is 1. The lowest BCUT2D eigenvalue weighted by Gasteiger charge is -2.14. The van der Waals surface area contributed by atoms with Gasteiger partial charge in [-0.1, -0.05) is 12.1 Å². The summed E-state index contributed by atoms with van der Waals surface area (Å²) in [6, 6.07) is 8.16. The van der Waals surface area contributed by atoms with Crippen molar-refractivity contribution in [1.82, 2.24) is 18.9 Å². The summed E-state index contributed by atoms with van der Waals surface area (Å²) in [6.07, 6.45) is 0.743. The zero-order chi connectivity index (χ0) is 15.5. The predicted molar refractivity (Wildman–Crippen MR) is 88.3 cm³/mol. The van der Waals surface area contributed by atoms with Crippen molar-refractivity contribution < 1.29 is 4.74 Å². The molecule has 22 heavy (non-hydrogen) atoms. The summed E-state index contributed by atoms with van der Waals surface area (Å²) in [5.74, 6) is 1.84. The fraction of sp³-hybridized carbons (Fsp3) is 0.400. The molecule has 6 nitrogen and oxygen atoms in total. The van der Waals surface area contributed by atoms with Crippen LogP contribution in [0.3, 0.4) is 0 Å². The molecule has 0 bridgehead atoms. The van der Waals surface area contributed by atoms with Gasteiger partial charge in [0.25, 0.3) is 0 Å². The van der Waals surface area contributed by atoms with Crippen molar-refractivity contribution in [2.24, 2.45) is 7.05 Å². The standard InChI is InChI=1S/C15H19N5OS/c1-19(15-17-13(18-22-15)8-9-21-3)10-14-16-11-6-4-5-7-12(11)20(14)2/h4-7H,8-10H2,1-3H3. The van der Waals surface area contributed by atoms with Crippen molar-refractivity contribution in [1.29, 1.82) is 0 Å². The Morgan fingerprint density at radius 2 is 2.09 bits per heavy atom. The number of anilines is 1. The maximum absolute atomic E-state index is 5.06. The van der Waals surface area contributed by atoms with E-state index in [0.29, 0.717) is 13.2 Å². The molecule has 7 heteroatoms. The summed E-state index contributed by atoms with van der Waals surface area (Å²) in [4.78, 5) is 11.3. The third kappa shape index (κ3) is 2.95. The van der Waals surface area contributed by atoms with Crippen LogP contribution in [0.15, 0.2) is 24.3 Å². The molecule has 0 unspecified atom stereocenters. The van der Waals surface area contributed by atoms with Crippen LogP contribution < -0.4 is 4.90 Å². The number of methoxy groups -OCH3 is 1. The monoisotopic (exact) mass is 317 g/mol. The molecule has 0 aliphatic rings. The molecule has 3 rings (SSSR count). The van der Waals surface area contributed by atoms with E-state index in [0.717, 1.165) is 34.2 Å². The highest BCUT2D eigenvalue weighted by Crippen LogP contribution is 2.20. The molecule has 0 spiro atoms. The van der Waals surface area contributed by atoms with Gasteiger partial charge in [-0.3, -0.25) is 0 Å². The van der Waals surface area contributed by atoms with Gasteiger partial charge >= 0.3 is 0 Å². The number of hydrogen-bond donors (Lipinski definition) is 0. The molecule has 116 valence electrons. The molecule has 0 saturated carbocycles. The quantitative estimate of drug-likeness (QED) is 0.698. The highest BCUT2D eigenvalue weighted by Gasteiger charge is 2.13. The zero-order valence-electron chi connectivity index (χ0n) is 13.0. The Balaban J connectivity index is 1.76. The molecule has 1 aromatic carbocycles. The van der Waals surface area contributed by atoms with E-state index in [4.69, 9.17) is 9.72 Å². The van der Waals surface area contributed by atoms with Gasteiger partial charge in [-0.05, 0) is 12.1 Å². The first-order valence-electron chi connectivity index (χ1n) is 7.12. The molecular formula is C15H19N5OS. The Hall–Kier alpha value is -1.99. The van der Waals surface area contributed by atoms with Crippen molar-refractivity contribution in [2.45, 2.75) is 13.0 Å². The SMILES string of the molecule is COCCc1nsc(N(C)Cc2nc3ccccc3n2C)n1. The van der Waals surface area contributed by atoms with Crippen molar-refractivity contribution in [3.8, 4) is 0 Å². The van der Waals surface area contributed by atoms with E-state index >= 15 is 0 Å².